The molecule has 0 fully saturated rings. The van der Waals surface area contributed by atoms with Gasteiger partial charge in [0.1, 0.15) is 0 Å². The van der Waals surface area contributed by atoms with Gasteiger partial charge in [0.2, 0.25) is 0 Å². The molecular weight excluding hydrogens is 546 g/mol. The summed E-state index contributed by atoms with van der Waals surface area (Å²) >= 11 is 0. The van der Waals surface area contributed by atoms with Crippen molar-refractivity contribution in [3.8, 4) is 11.1 Å². The minimum absolute atomic E-state index is 0.110. The molecule has 222 valence electrons. The fourth-order valence-electron chi connectivity index (χ4n) is 5.05. The van der Waals surface area contributed by atoms with E-state index in [0.29, 0.717) is 12.1 Å². The lowest BCUT2D eigenvalue weighted by Crippen LogP contribution is -2.30. The second kappa shape index (κ2) is 13.3. The minimum atomic E-state index is -0.437. The quantitative estimate of drug-likeness (QED) is 0.132. The van der Waals surface area contributed by atoms with Crippen molar-refractivity contribution in [2.45, 2.75) is 6.54 Å². The number of hydrogen-bond acceptors (Lipinski definition) is 5. The van der Waals surface area contributed by atoms with E-state index in [1.807, 2.05) is 76.7 Å². The number of nitrogens with zero attached hydrogens (tertiary/aromatic N) is 3. The van der Waals surface area contributed by atoms with Crippen LogP contribution in [0.5, 0.6) is 0 Å². The van der Waals surface area contributed by atoms with Crippen LogP contribution in [0.4, 0.5) is 17.1 Å². The van der Waals surface area contributed by atoms with E-state index in [-0.39, 0.29) is 5.91 Å². The summed E-state index contributed by atoms with van der Waals surface area (Å²) in [4.78, 5) is 31.8. The van der Waals surface area contributed by atoms with Crippen LogP contribution in [-0.2, 0) is 16.1 Å². The zero-order valence-electron chi connectivity index (χ0n) is 25.8. The largest absolute Gasteiger partial charge is 0.466 e. The Morgan fingerprint density at radius 2 is 1.27 bits per heavy atom. The monoisotopic (exact) mass is 583 g/mol. The van der Waals surface area contributed by atoms with Crippen LogP contribution in [0.25, 0.3) is 28.0 Å². The van der Waals surface area contributed by atoms with E-state index < -0.39 is 5.97 Å². The van der Waals surface area contributed by atoms with Gasteiger partial charge in [0.25, 0.3) is 5.91 Å². The molecule has 6 nitrogen and oxygen atoms in total. The Labute approximate surface area is 259 Å². The summed E-state index contributed by atoms with van der Waals surface area (Å²) in [5.41, 5.74) is 7.61. The average Bonchev–Trinajstić information content (AvgIpc) is 3.05. The van der Waals surface area contributed by atoms with Crippen LogP contribution < -0.4 is 14.7 Å². The van der Waals surface area contributed by atoms with Gasteiger partial charge < -0.3 is 19.4 Å². The molecule has 0 aliphatic rings. The number of benzene rings is 5. The van der Waals surface area contributed by atoms with Crippen LogP contribution in [0.2, 0.25) is 0 Å². The zero-order chi connectivity index (χ0) is 31.2. The maximum atomic E-state index is 14.2. The molecule has 0 saturated carbocycles. The first-order valence-electron chi connectivity index (χ1n) is 14.5. The highest BCUT2D eigenvalue weighted by Crippen LogP contribution is 2.28. The van der Waals surface area contributed by atoms with Gasteiger partial charge in [0.15, 0.2) is 0 Å². The first-order chi connectivity index (χ1) is 21.2. The Balaban J connectivity index is 1.48. The van der Waals surface area contributed by atoms with Crippen molar-refractivity contribution in [1.29, 1.82) is 0 Å². The molecular formula is C38H37N3O3. The molecule has 5 rings (SSSR count). The second-order valence-corrected chi connectivity index (χ2v) is 11.1. The molecule has 0 radical (unpaired) electrons. The van der Waals surface area contributed by atoms with Crippen molar-refractivity contribution in [3.05, 3.63) is 132 Å². The molecule has 0 bridgehead atoms. The number of hydrogen-bond donors (Lipinski definition) is 0. The van der Waals surface area contributed by atoms with Crippen LogP contribution in [-0.4, -0.2) is 47.2 Å². The van der Waals surface area contributed by atoms with Crippen molar-refractivity contribution in [2.24, 2.45) is 0 Å². The minimum Gasteiger partial charge on any atom is -0.466 e. The van der Waals surface area contributed by atoms with Gasteiger partial charge in [0, 0.05) is 56.9 Å². The van der Waals surface area contributed by atoms with Gasteiger partial charge in [0.05, 0.1) is 13.7 Å². The van der Waals surface area contributed by atoms with Gasteiger partial charge in [-0.05, 0) is 87.6 Å². The Morgan fingerprint density at radius 1 is 0.659 bits per heavy atom. The summed E-state index contributed by atoms with van der Waals surface area (Å²) in [6.45, 7) is 0.375. The van der Waals surface area contributed by atoms with Crippen LogP contribution in [0.1, 0.15) is 21.5 Å². The fraction of sp³-hybridized carbons (Fsp3) is 0.158. The summed E-state index contributed by atoms with van der Waals surface area (Å²) in [6, 6.07) is 36.4. The second-order valence-electron chi connectivity index (χ2n) is 11.1. The number of carbonyl (C=O) groups excluding carboxylic acids is 2. The summed E-state index contributed by atoms with van der Waals surface area (Å²) in [6.07, 6.45) is 3.06. The predicted octanol–water partition coefficient (Wildman–Crippen LogP) is 7.67. The number of rotatable bonds is 9. The van der Waals surface area contributed by atoms with E-state index in [4.69, 9.17) is 4.74 Å². The molecule has 0 spiro atoms. The third-order valence-corrected chi connectivity index (χ3v) is 7.64. The van der Waals surface area contributed by atoms with Gasteiger partial charge >= 0.3 is 5.97 Å². The Kier molecular flexibility index (Phi) is 9.10. The zero-order valence-corrected chi connectivity index (χ0v) is 25.8. The third-order valence-electron chi connectivity index (χ3n) is 7.64. The number of fused-ring (bicyclic) bond motifs is 1. The van der Waals surface area contributed by atoms with Crippen molar-refractivity contribution in [1.82, 2.24) is 0 Å². The molecule has 6 heteroatoms. The lowest BCUT2D eigenvalue weighted by atomic mass is 10.0. The van der Waals surface area contributed by atoms with Crippen LogP contribution in [0, 0.1) is 0 Å². The van der Waals surface area contributed by atoms with E-state index in [2.05, 4.69) is 70.5 Å². The first kappa shape index (κ1) is 30.1. The molecule has 0 N–H and O–H groups in total. The van der Waals surface area contributed by atoms with Crippen molar-refractivity contribution in [3.63, 3.8) is 0 Å². The van der Waals surface area contributed by atoms with E-state index >= 15 is 0 Å². The van der Waals surface area contributed by atoms with E-state index in [0.717, 1.165) is 50.1 Å². The molecule has 0 atom stereocenters. The molecule has 5 aromatic rings. The molecule has 0 aliphatic heterocycles. The summed E-state index contributed by atoms with van der Waals surface area (Å²) in [7, 11) is 9.43. The number of amides is 1. The maximum Gasteiger partial charge on any atom is 0.330 e. The van der Waals surface area contributed by atoms with E-state index in [1.165, 1.54) is 13.2 Å². The van der Waals surface area contributed by atoms with Gasteiger partial charge in [-0.1, -0.05) is 60.7 Å². The SMILES string of the molecule is COC(=O)/C=C/c1cccc(N(Cc2ccc(-c3ccc(N(C)C)cc3)cc2)C(=O)c2ccc3cc(N(C)C)ccc3c2)c1. The van der Waals surface area contributed by atoms with Crippen molar-refractivity contribution >= 4 is 45.8 Å². The van der Waals surface area contributed by atoms with Crippen LogP contribution >= 0.6 is 0 Å². The lowest BCUT2D eigenvalue weighted by molar-refractivity contribution is -0.134. The highest BCUT2D eigenvalue weighted by molar-refractivity contribution is 6.08. The summed E-state index contributed by atoms with van der Waals surface area (Å²) < 4.78 is 4.74. The highest BCUT2D eigenvalue weighted by atomic mass is 16.5. The molecule has 0 saturated heterocycles. The molecule has 0 heterocycles. The molecule has 1 amide bonds. The van der Waals surface area contributed by atoms with Crippen LogP contribution in [0.3, 0.4) is 0 Å². The number of methoxy groups -OCH3 is 1. The number of ether oxygens (including phenoxy) is 1. The van der Waals surface area contributed by atoms with Gasteiger partial charge in [-0.25, -0.2) is 4.79 Å². The molecule has 0 aliphatic carbocycles. The van der Waals surface area contributed by atoms with Gasteiger partial charge in [-0.15, -0.1) is 0 Å². The smallest absolute Gasteiger partial charge is 0.330 e. The summed E-state index contributed by atoms with van der Waals surface area (Å²) in [5, 5.41) is 2.07. The maximum absolute atomic E-state index is 14.2. The van der Waals surface area contributed by atoms with Crippen LogP contribution in [0.15, 0.2) is 115 Å². The van der Waals surface area contributed by atoms with E-state index in [9.17, 15) is 9.59 Å². The Hall–Kier alpha value is -5.36. The fourth-order valence-corrected chi connectivity index (χ4v) is 5.05. The predicted molar refractivity (Wildman–Crippen MR) is 182 cm³/mol. The van der Waals surface area contributed by atoms with E-state index in [1.54, 1.807) is 11.0 Å². The lowest BCUT2D eigenvalue weighted by Gasteiger charge is -2.24. The first-order valence-corrected chi connectivity index (χ1v) is 14.5. The number of carbonyl (C=O) groups is 2. The Bertz CT molecular complexity index is 1810. The number of esters is 1. The molecule has 0 aromatic heterocycles. The third kappa shape index (κ3) is 6.98. The summed E-state index contributed by atoms with van der Waals surface area (Å²) in [5.74, 6) is -0.547. The standard InChI is InChI=1S/C38H37N3O3/c1-39(2)34-19-16-30(17-20-34)29-12-9-28(10-13-29)26-41(36-8-6-7-27(23-36)11-22-37(42)44-5)38(43)33-15-14-32-25-35(40(3)4)21-18-31(32)24-33/h6-25H,26H2,1-5H3/b22-11+. The molecule has 5 aromatic carbocycles. The normalized spacial score (nSPS) is 11.0. The topological polar surface area (TPSA) is 53.1 Å². The van der Waals surface area contributed by atoms with Crippen molar-refractivity contribution in [2.75, 3.05) is 50.0 Å². The number of anilines is 3. The Morgan fingerprint density at radius 3 is 1.93 bits per heavy atom. The molecule has 0 unspecified atom stereocenters. The average molecular weight is 584 g/mol. The van der Waals surface area contributed by atoms with Gasteiger partial charge in [-0.3, -0.25) is 4.79 Å². The van der Waals surface area contributed by atoms with Gasteiger partial charge in [-0.2, -0.15) is 0 Å². The van der Waals surface area contributed by atoms with Crippen molar-refractivity contribution < 1.29 is 14.3 Å². The molecule has 44 heavy (non-hydrogen) atoms. The highest BCUT2D eigenvalue weighted by Gasteiger charge is 2.19.